The molecule has 0 amide bonds. The van der Waals surface area contributed by atoms with Crippen LogP contribution in [-0.4, -0.2) is 87.4 Å². The number of carboxylic acids is 1. The van der Waals surface area contributed by atoms with Crippen LogP contribution < -0.4 is 0 Å². The average Bonchev–Trinajstić information content (AvgIpc) is 3.49. The number of hydrogen-bond acceptors (Lipinski definition) is 7. The molecule has 9 heteroatoms. The number of nitrogens with zero attached hydrogens (tertiary/aromatic N) is 1. The predicted molar refractivity (Wildman–Crippen MR) is 365 cm³/mol. The lowest BCUT2D eigenvalue weighted by molar-refractivity contribution is -0.870. The Bertz CT molecular complexity index is 1350. The van der Waals surface area contributed by atoms with Crippen molar-refractivity contribution in [3.05, 3.63) is 0 Å². The van der Waals surface area contributed by atoms with Gasteiger partial charge in [0.05, 0.1) is 34.4 Å². The van der Waals surface area contributed by atoms with Crippen LogP contribution in [0.2, 0.25) is 0 Å². The molecule has 0 aromatic carbocycles. The number of unbranched alkanes of at least 4 members (excludes halogenated alkanes) is 58. The molecule has 0 heterocycles. The molecule has 2 atom stereocenters. The molecule has 9 nitrogen and oxygen atoms in total. The third-order valence-corrected chi connectivity index (χ3v) is 17.9. The SMILES string of the molecule is CCCCCCCCCCCCCCCCCCCCCCCCCCCCCCCCCCCC(=O)OC(COC(=O)CCCCCCCCCCCCCCCCCCCCCCCCCCCCC)COC(OCC[N+](C)(C)C)C(=O)O. The second kappa shape index (κ2) is 68.2. The van der Waals surface area contributed by atoms with Gasteiger partial charge in [0.2, 0.25) is 0 Å². The molecule has 2 unspecified atom stereocenters. The maximum Gasteiger partial charge on any atom is 0.361 e. The summed E-state index contributed by atoms with van der Waals surface area (Å²) in [4.78, 5) is 37.7. The summed E-state index contributed by atoms with van der Waals surface area (Å²) >= 11 is 0. The summed E-state index contributed by atoms with van der Waals surface area (Å²) in [6, 6.07) is 0. The minimum atomic E-state index is -1.50. The lowest BCUT2D eigenvalue weighted by Gasteiger charge is -2.25. The minimum Gasteiger partial charge on any atom is -0.477 e. The van der Waals surface area contributed by atoms with Gasteiger partial charge < -0.3 is 28.5 Å². The maximum absolute atomic E-state index is 13.0. The molecule has 1 N–H and O–H groups in total. The second-order valence-corrected chi connectivity index (χ2v) is 27.7. The first kappa shape index (κ1) is 83.3. The molecule has 0 bridgehead atoms. The molecule has 0 aromatic heterocycles. The minimum absolute atomic E-state index is 0.172. The molecule has 0 spiro atoms. The molecule has 85 heavy (non-hydrogen) atoms. The van der Waals surface area contributed by atoms with E-state index in [1.54, 1.807) is 0 Å². The highest BCUT2D eigenvalue weighted by molar-refractivity contribution is 5.71. The molecule has 0 fully saturated rings. The van der Waals surface area contributed by atoms with Crippen LogP contribution in [0.4, 0.5) is 0 Å². The fourth-order valence-electron chi connectivity index (χ4n) is 12.0. The zero-order valence-corrected chi connectivity index (χ0v) is 58.1. The van der Waals surface area contributed by atoms with E-state index in [0.717, 1.165) is 38.5 Å². The molecule has 0 radical (unpaired) electrons. The molecule has 0 aromatic rings. The second-order valence-electron chi connectivity index (χ2n) is 27.7. The van der Waals surface area contributed by atoms with E-state index in [4.69, 9.17) is 18.9 Å². The summed E-state index contributed by atoms with van der Waals surface area (Å²) in [6.45, 7) is 4.98. The van der Waals surface area contributed by atoms with E-state index in [2.05, 4.69) is 13.8 Å². The van der Waals surface area contributed by atoms with E-state index in [1.807, 2.05) is 21.1 Å². The van der Waals surface area contributed by atoms with Crippen LogP contribution >= 0.6 is 0 Å². The molecule has 0 saturated carbocycles. The first-order valence-corrected chi connectivity index (χ1v) is 38.2. The summed E-state index contributed by atoms with van der Waals surface area (Å²) in [5.74, 6) is -1.96. The van der Waals surface area contributed by atoms with E-state index >= 15 is 0 Å². The third kappa shape index (κ3) is 69.6. The highest BCUT2D eigenvalue weighted by Gasteiger charge is 2.25. The molecular weight excluding hydrogens is 1050 g/mol. The van der Waals surface area contributed by atoms with Gasteiger partial charge >= 0.3 is 17.9 Å². The number of quaternary nitrogens is 1. The van der Waals surface area contributed by atoms with Crippen LogP contribution in [-0.2, 0) is 33.3 Å². The Hall–Kier alpha value is -1.71. The van der Waals surface area contributed by atoms with Crippen LogP contribution in [0.25, 0.3) is 0 Å². The first-order chi connectivity index (χ1) is 41.6. The van der Waals surface area contributed by atoms with Crippen molar-refractivity contribution in [2.45, 2.75) is 424 Å². The Labute approximate surface area is 530 Å². The Morgan fingerprint density at radius 1 is 0.306 bits per heavy atom. The number of ether oxygens (including phenoxy) is 4. The molecule has 0 aliphatic rings. The molecule has 0 rings (SSSR count). The van der Waals surface area contributed by atoms with Crippen LogP contribution in [0.3, 0.4) is 0 Å². The van der Waals surface area contributed by atoms with Crippen molar-refractivity contribution in [3.63, 3.8) is 0 Å². The Morgan fingerprint density at radius 2 is 0.529 bits per heavy atom. The highest BCUT2D eigenvalue weighted by Crippen LogP contribution is 2.20. The number of carboxylic acid groups (broad SMARTS) is 1. The summed E-state index contributed by atoms with van der Waals surface area (Å²) in [6.07, 6.45) is 79.7. The van der Waals surface area contributed by atoms with Gasteiger partial charge in [-0.1, -0.05) is 386 Å². The maximum atomic E-state index is 13.0. The van der Waals surface area contributed by atoms with E-state index in [-0.39, 0.29) is 38.2 Å². The van der Waals surface area contributed by atoms with E-state index in [9.17, 15) is 19.5 Å². The van der Waals surface area contributed by atoms with Gasteiger partial charge in [-0.05, 0) is 12.8 Å². The molecule has 0 aliphatic heterocycles. The van der Waals surface area contributed by atoms with Crippen LogP contribution in [0.1, 0.15) is 412 Å². The quantitative estimate of drug-likeness (QED) is 0.0278. The summed E-state index contributed by atoms with van der Waals surface area (Å²) in [5.41, 5.74) is 0. The molecule has 0 aliphatic carbocycles. The van der Waals surface area contributed by atoms with Crippen molar-refractivity contribution in [2.24, 2.45) is 0 Å². The highest BCUT2D eigenvalue weighted by atomic mass is 16.7. The smallest absolute Gasteiger partial charge is 0.361 e. The van der Waals surface area contributed by atoms with Crippen molar-refractivity contribution in [2.75, 3.05) is 47.5 Å². The average molecular weight is 1210 g/mol. The van der Waals surface area contributed by atoms with E-state index in [0.29, 0.717) is 17.4 Å². The van der Waals surface area contributed by atoms with Crippen molar-refractivity contribution < 1.29 is 42.9 Å². The Balaban J connectivity index is 3.98. The van der Waals surface area contributed by atoms with Crippen LogP contribution in [0.15, 0.2) is 0 Å². The zero-order chi connectivity index (χ0) is 61.9. The Morgan fingerprint density at radius 3 is 0.753 bits per heavy atom. The topological polar surface area (TPSA) is 108 Å². The van der Waals surface area contributed by atoms with Crippen LogP contribution in [0, 0.1) is 0 Å². The van der Waals surface area contributed by atoms with Gasteiger partial charge in [0.15, 0.2) is 6.10 Å². The van der Waals surface area contributed by atoms with Crippen molar-refractivity contribution in [3.8, 4) is 0 Å². The number of carbonyl (C=O) groups is 3. The number of likely N-dealkylation sites (N-methyl/N-ethyl adjacent to an activating group) is 1. The number of hydrogen-bond donors (Lipinski definition) is 1. The normalized spacial score (nSPS) is 12.5. The fourth-order valence-corrected chi connectivity index (χ4v) is 12.0. The van der Waals surface area contributed by atoms with Gasteiger partial charge in [-0.2, -0.15) is 0 Å². The zero-order valence-electron chi connectivity index (χ0n) is 58.1. The fraction of sp³-hybridized carbons (Fsp3) is 0.961. The number of aliphatic carboxylic acids is 1. The van der Waals surface area contributed by atoms with Crippen molar-refractivity contribution in [1.82, 2.24) is 0 Å². The number of rotatable bonds is 73. The van der Waals surface area contributed by atoms with Gasteiger partial charge in [-0.15, -0.1) is 0 Å². The predicted octanol–water partition coefficient (Wildman–Crippen LogP) is 23.8. The molecular formula is C76H150NO8+. The lowest BCUT2D eigenvalue weighted by atomic mass is 10.0. The van der Waals surface area contributed by atoms with Gasteiger partial charge in [0.1, 0.15) is 13.2 Å². The van der Waals surface area contributed by atoms with Crippen molar-refractivity contribution in [1.29, 1.82) is 0 Å². The van der Waals surface area contributed by atoms with E-state index < -0.39 is 18.4 Å². The van der Waals surface area contributed by atoms with Gasteiger partial charge in [0.25, 0.3) is 6.29 Å². The first-order valence-electron chi connectivity index (χ1n) is 38.2. The third-order valence-electron chi connectivity index (χ3n) is 17.9. The van der Waals surface area contributed by atoms with Gasteiger partial charge in [-0.25, -0.2) is 4.79 Å². The van der Waals surface area contributed by atoms with Gasteiger partial charge in [-0.3, -0.25) is 9.59 Å². The lowest BCUT2D eigenvalue weighted by Crippen LogP contribution is -2.40. The number of esters is 2. The standard InChI is InChI=1S/C76H149NO8/c1-6-8-10-12-14-16-18-20-22-24-26-28-30-32-34-35-36-37-38-39-41-43-45-47-49-51-53-55-57-59-61-63-65-67-74(79)85-72(71-84-76(75(80)81)82-69-68-77(3,4)5)70-83-73(78)66-64-62-60-58-56-54-52-50-48-46-44-42-40-33-31-29-27-25-23-21-19-17-15-13-11-9-7-2/h72,76H,6-71H2,1-5H3/p+1. The summed E-state index contributed by atoms with van der Waals surface area (Å²) in [7, 11) is 6.00. The summed E-state index contributed by atoms with van der Waals surface area (Å²) in [5, 5.41) is 9.76. The Kier molecular flexibility index (Phi) is 66.8. The molecule has 506 valence electrons. The van der Waals surface area contributed by atoms with Gasteiger partial charge in [0, 0.05) is 12.8 Å². The van der Waals surface area contributed by atoms with E-state index in [1.165, 1.54) is 347 Å². The van der Waals surface area contributed by atoms with Crippen molar-refractivity contribution >= 4 is 17.9 Å². The van der Waals surface area contributed by atoms with Crippen LogP contribution in [0.5, 0.6) is 0 Å². The number of carbonyl (C=O) groups excluding carboxylic acids is 2. The largest absolute Gasteiger partial charge is 0.477 e. The molecule has 0 saturated heterocycles. The monoisotopic (exact) mass is 1210 g/mol. The summed E-state index contributed by atoms with van der Waals surface area (Å²) < 4.78 is 23.0.